The molecular weight excluding hydrogens is 230 g/mol. The third-order valence-electron chi connectivity index (χ3n) is 3.52. The lowest BCUT2D eigenvalue weighted by atomic mass is 10.0. The topological polar surface area (TPSA) is 49.8 Å². The van der Waals surface area contributed by atoms with Gasteiger partial charge in [0.15, 0.2) is 0 Å². The van der Waals surface area contributed by atoms with E-state index in [9.17, 15) is 4.79 Å². The Morgan fingerprint density at radius 3 is 2.33 bits per heavy atom. The molecule has 0 amide bonds. The van der Waals surface area contributed by atoms with Crippen LogP contribution in [0.5, 0.6) is 5.75 Å². The van der Waals surface area contributed by atoms with Crippen molar-refractivity contribution in [1.82, 2.24) is 0 Å². The fourth-order valence-corrected chi connectivity index (χ4v) is 2.09. The van der Waals surface area contributed by atoms with Gasteiger partial charge in [-0.25, -0.2) is 4.79 Å². The van der Waals surface area contributed by atoms with E-state index in [4.69, 9.17) is 9.84 Å². The summed E-state index contributed by atoms with van der Waals surface area (Å²) >= 11 is 0. The Kier molecular flexibility index (Phi) is 4.22. The van der Waals surface area contributed by atoms with E-state index in [0.717, 1.165) is 28.1 Å². The highest BCUT2D eigenvalue weighted by Crippen LogP contribution is 2.33. The Bertz CT molecular complexity index is 469. The van der Waals surface area contributed by atoms with Crippen molar-refractivity contribution in [2.24, 2.45) is 0 Å². The summed E-state index contributed by atoms with van der Waals surface area (Å²) in [7, 11) is 3.45. The second kappa shape index (κ2) is 5.29. The van der Waals surface area contributed by atoms with Crippen molar-refractivity contribution >= 4 is 11.7 Å². The smallest absolute Gasteiger partial charge is 0.326 e. The van der Waals surface area contributed by atoms with E-state index < -0.39 is 12.0 Å². The Balaban J connectivity index is 3.31. The van der Waals surface area contributed by atoms with Crippen LogP contribution in [0.3, 0.4) is 0 Å². The number of aliphatic carboxylic acids is 1. The average molecular weight is 251 g/mol. The number of carboxylic acids is 1. The van der Waals surface area contributed by atoms with Crippen molar-refractivity contribution in [3.63, 3.8) is 0 Å². The van der Waals surface area contributed by atoms with E-state index >= 15 is 0 Å². The molecule has 0 saturated heterocycles. The zero-order chi connectivity index (χ0) is 14.0. The van der Waals surface area contributed by atoms with E-state index in [-0.39, 0.29) is 0 Å². The molecule has 0 bridgehead atoms. The van der Waals surface area contributed by atoms with Crippen molar-refractivity contribution in [3.05, 3.63) is 22.8 Å². The lowest BCUT2D eigenvalue weighted by molar-refractivity contribution is -0.138. The highest BCUT2D eigenvalue weighted by molar-refractivity contribution is 5.78. The Morgan fingerprint density at radius 2 is 1.89 bits per heavy atom. The maximum Gasteiger partial charge on any atom is 0.326 e. The molecule has 0 spiro atoms. The van der Waals surface area contributed by atoms with E-state index in [1.807, 2.05) is 26.8 Å². The van der Waals surface area contributed by atoms with Gasteiger partial charge in [0.2, 0.25) is 0 Å². The molecule has 0 aliphatic rings. The monoisotopic (exact) mass is 251 g/mol. The largest absolute Gasteiger partial charge is 0.496 e. The van der Waals surface area contributed by atoms with Gasteiger partial charge < -0.3 is 14.7 Å². The molecule has 0 aromatic heterocycles. The van der Waals surface area contributed by atoms with Crippen LogP contribution in [0.4, 0.5) is 5.69 Å². The van der Waals surface area contributed by atoms with Gasteiger partial charge in [0, 0.05) is 12.7 Å². The lowest BCUT2D eigenvalue weighted by Gasteiger charge is -2.27. The Labute approximate surface area is 108 Å². The zero-order valence-corrected chi connectivity index (χ0v) is 11.9. The van der Waals surface area contributed by atoms with E-state index in [2.05, 4.69) is 0 Å². The molecule has 1 N–H and O–H groups in total. The number of anilines is 1. The highest BCUT2D eigenvalue weighted by Gasteiger charge is 2.21. The van der Waals surface area contributed by atoms with Crippen molar-refractivity contribution in [2.75, 3.05) is 19.1 Å². The number of methoxy groups -OCH3 is 1. The van der Waals surface area contributed by atoms with Crippen LogP contribution < -0.4 is 9.64 Å². The number of likely N-dealkylation sites (N-methyl/N-ethyl adjacent to an activating group) is 1. The number of rotatable bonds is 4. The molecule has 1 rings (SSSR count). The van der Waals surface area contributed by atoms with Gasteiger partial charge in [0.1, 0.15) is 11.8 Å². The number of hydrogen-bond donors (Lipinski definition) is 1. The second-order valence-electron chi connectivity index (χ2n) is 4.62. The second-order valence-corrected chi connectivity index (χ2v) is 4.62. The minimum atomic E-state index is -0.831. The molecule has 0 radical (unpaired) electrons. The van der Waals surface area contributed by atoms with Crippen molar-refractivity contribution in [3.8, 4) is 5.75 Å². The summed E-state index contributed by atoms with van der Waals surface area (Å²) in [6, 6.07) is 1.41. The maximum atomic E-state index is 11.1. The molecule has 1 unspecified atom stereocenters. The molecular formula is C14H21NO3. The summed E-state index contributed by atoms with van der Waals surface area (Å²) < 4.78 is 5.36. The van der Waals surface area contributed by atoms with Gasteiger partial charge >= 0.3 is 5.97 Å². The van der Waals surface area contributed by atoms with Crippen LogP contribution in [0.25, 0.3) is 0 Å². The predicted molar refractivity (Wildman–Crippen MR) is 72.7 cm³/mol. The van der Waals surface area contributed by atoms with Gasteiger partial charge in [-0.3, -0.25) is 0 Å². The number of ether oxygens (including phenoxy) is 1. The van der Waals surface area contributed by atoms with E-state index in [1.54, 1.807) is 26.0 Å². The summed E-state index contributed by atoms with van der Waals surface area (Å²) in [5, 5.41) is 9.08. The van der Waals surface area contributed by atoms with Crippen LogP contribution in [-0.2, 0) is 4.79 Å². The molecule has 1 aromatic rings. The normalized spacial score (nSPS) is 12.1. The molecule has 4 heteroatoms. The van der Waals surface area contributed by atoms with Crippen LogP contribution in [0.2, 0.25) is 0 Å². The molecule has 0 aliphatic carbocycles. The molecule has 0 heterocycles. The van der Waals surface area contributed by atoms with Crippen LogP contribution in [0, 0.1) is 20.8 Å². The third kappa shape index (κ3) is 2.42. The molecule has 0 saturated carbocycles. The number of hydrogen-bond acceptors (Lipinski definition) is 3. The Hall–Kier alpha value is -1.71. The molecule has 0 aliphatic heterocycles. The quantitative estimate of drug-likeness (QED) is 0.893. The summed E-state index contributed by atoms with van der Waals surface area (Å²) in [5.74, 6) is 0.0376. The number of carbonyl (C=O) groups is 1. The van der Waals surface area contributed by atoms with E-state index in [0.29, 0.717) is 0 Å². The molecule has 1 aromatic carbocycles. The number of nitrogens with zero attached hydrogens (tertiary/aromatic N) is 1. The molecule has 4 nitrogen and oxygen atoms in total. The fourth-order valence-electron chi connectivity index (χ4n) is 2.09. The standard InChI is InChI=1S/C14H21NO3/c1-8-7-12(15(5)11(4)14(16)17)9(2)10(3)13(8)18-6/h7,11H,1-6H3,(H,16,17). The summed E-state index contributed by atoms with van der Waals surface area (Å²) in [4.78, 5) is 12.8. The molecule has 18 heavy (non-hydrogen) atoms. The first-order valence-corrected chi connectivity index (χ1v) is 5.91. The maximum absolute atomic E-state index is 11.1. The van der Waals surface area contributed by atoms with Crippen LogP contribution in [0.1, 0.15) is 23.6 Å². The van der Waals surface area contributed by atoms with Crippen LogP contribution in [-0.4, -0.2) is 31.3 Å². The minimum absolute atomic E-state index is 0.559. The molecule has 100 valence electrons. The number of carboxylic acid groups (broad SMARTS) is 1. The summed E-state index contributed by atoms with van der Waals surface area (Å²) in [6.45, 7) is 7.62. The van der Waals surface area contributed by atoms with Gasteiger partial charge in [0.05, 0.1) is 7.11 Å². The average Bonchev–Trinajstić information content (AvgIpc) is 2.32. The first-order valence-electron chi connectivity index (χ1n) is 5.91. The number of aryl methyl sites for hydroxylation is 1. The SMILES string of the molecule is COc1c(C)cc(N(C)C(C)C(=O)O)c(C)c1C. The summed E-state index contributed by atoms with van der Waals surface area (Å²) in [5.41, 5.74) is 4.05. The first-order chi connectivity index (χ1) is 8.31. The lowest BCUT2D eigenvalue weighted by Crippen LogP contribution is -2.36. The van der Waals surface area contributed by atoms with Crippen LogP contribution in [0.15, 0.2) is 6.07 Å². The van der Waals surface area contributed by atoms with Crippen LogP contribution >= 0.6 is 0 Å². The first kappa shape index (κ1) is 14.4. The van der Waals surface area contributed by atoms with Gasteiger partial charge in [-0.2, -0.15) is 0 Å². The third-order valence-corrected chi connectivity index (χ3v) is 3.52. The number of benzene rings is 1. The minimum Gasteiger partial charge on any atom is -0.496 e. The van der Waals surface area contributed by atoms with Crippen molar-refractivity contribution in [2.45, 2.75) is 33.7 Å². The predicted octanol–water partition coefficient (Wildman–Crippen LogP) is 2.53. The summed E-state index contributed by atoms with van der Waals surface area (Å²) in [6.07, 6.45) is 0. The zero-order valence-electron chi connectivity index (χ0n) is 11.9. The van der Waals surface area contributed by atoms with Gasteiger partial charge in [-0.1, -0.05) is 0 Å². The fraction of sp³-hybridized carbons (Fsp3) is 0.500. The van der Waals surface area contributed by atoms with Gasteiger partial charge in [-0.05, 0) is 50.5 Å². The van der Waals surface area contributed by atoms with Crippen molar-refractivity contribution in [1.29, 1.82) is 0 Å². The van der Waals surface area contributed by atoms with Gasteiger partial charge in [-0.15, -0.1) is 0 Å². The van der Waals surface area contributed by atoms with E-state index in [1.165, 1.54) is 0 Å². The Morgan fingerprint density at radius 1 is 1.33 bits per heavy atom. The highest BCUT2D eigenvalue weighted by atomic mass is 16.5. The van der Waals surface area contributed by atoms with Crippen molar-refractivity contribution < 1.29 is 14.6 Å². The molecule has 1 atom stereocenters. The van der Waals surface area contributed by atoms with Gasteiger partial charge in [0.25, 0.3) is 0 Å². The molecule has 0 fully saturated rings.